The summed E-state index contributed by atoms with van der Waals surface area (Å²) in [7, 11) is 0. The largest absolute Gasteiger partial charge is 0.481 e. The summed E-state index contributed by atoms with van der Waals surface area (Å²) in [5.74, 6) is 2.24. The molecule has 0 unspecified atom stereocenters. The molecule has 2 N–H and O–H groups in total. The van der Waals surface area contributed by atoms with Gasteiger partial charge < -0.3 is 10.2 Å². The van der Waals surface area contributed by atoms with Crippen LogP contribution in [0.3, 0.4) is 0 Å². The molecule has 0 spiro atoms. The number of carbonyl (C=O) groups is 2. The smallest absolute Gasteiger partial charge is 0.311 e. The minimum absolute atomic E-state index is 0.138. The van der Waals surface area contributed by atoms with Gasteiger partial charge in [-0.1, -0.05) is 0 Å². The van der Waals surface area contributed by atoms with Crippen molar-refractivity contribution in [1.29, 1.82) is 0 Å². The average molecular weight is 387 g/mol. The third-order valence-corrected chi connectivity index (χ3v) is 10.7. The van der Waals surface area contributed by atoms with Crippen LogP contribution in [0.4, 0.5) is 0 Å². The van der Waals surface area contributed by atoms with Crippen molar-refractivity contribution in [3.05, 3.63) is 0 Å². The van der Waals surface area contributed by atoms with Crippen molar-refractivity contribution < 1.29 is 19.8 Å². The van der Waals surface area contributed by atoms with Crippen molar-refractivity contribution >= 4 is 11.9 Å². The summed E-state index contributed by atoms with van der Waals surface area (Å²) in [5.41, 5.74) is -1.58. The fourth-order valence-electron chi connectivity index (χ4n) is 11.0. The molecular formula is C24H34O4. The van der Waals surface area contributed by atoms with Gasteiger partial charge in [0.2, 0.25) is 0 Å². The van der Waals surface area contributed by atoms with Gasteiger partial charge in [0.15, 0.2) is 0 Å². The molecule has 8 bridgehead atoms. The quantitative estimate of drug-likeness (QED) is 0.700. The molecule has 4 heteroatoms. The second-order valence-electron chi connectivity index (χ2n) is 12.2. The predicted molar refractivity (Wildman–Crippen MR) is 104 cm³/mol. The topological polar surface area (TPSA) is 74.6 Å². The average Bonchev–Trinajstić information content (AvgIpc) is 2.56. The van der Waals surface area contributed by atoms with Gasteiger partial charge >= 0.3 is 11.9 Å². The van der Waals surface area contributed by atoms with E-state index in [1.54, 1.807) is 0 Å². The molecule has 8 fully saturated rings. The maximum atomic E-state index is 13.3. The van der Waals surface area contributed by atoms with Crippen LogP contribution in [0.5, 0.6) is 0 Å². The molecule has 0 aromatic heterocycles. The molecule has 0 amide bonds. The van der Waals surface area contributed by atoms with Gasteiger partial charge in [-0.3, -0.25) is 9.59 Å². The van der Waals surface area contributed by atoms with Gasteiger partial charge in [0, 0.05) is 0 Å². The van der Waals surface area contributed by atoms with Crippen LogP contribution in [0.25, 0.3) is 0 Å². The maximum absolute atomic E-state index is 13.3. The number of rotatable bonds is 5. The maximum Gasteiger partial charge on any atom is 0.311 e. The molecule has 8 aliphatic rings. The summed E-state index contributed by atoms with van der Waals surface area (Å²) in [6, 6.07) is 0. The summed E-state index contributed by atoms with van der Waals surface area (Å²) in [6.45, 7) is 0. The highest BCUT2D eigenvalue weighted by Gasteiger charge is 2.73. The molecule has 0 atom stereocenters. The highest BCUT2D eigenvalue weighted by atomic mass is 16.4. The van der Waals surface area contributed by atoms with Crippen molar-refractivity contribution in [3.8, 4) is 0 Å². The summed E-state index contributed by atoms with van der Waals surface area (Å²) in [5, 5.41) is 21.0. The molecule has 0 aromatic carbocycles. The zero-order chi connectivity index (χ0) is 19.3. The van der Waals surface area contributed by atoms with Crippen LogP contribution in [0.2, 0.25) is 0 Å². The highest BCUT2D eigenvalue weighted by molar-refractivity contribution is 5.84. The van der Waals surface area contributed by atoms with Crippen molar-refractivity contribution in [2.45, 2.75) is 83.5 Å². The van der Waals surface area contributed by atoms with Crippen LogP contribution < -0.4 is 0 Å². The van der Waals surface area contributed by atoms with E-state index >= 15 is 0 Å². The van der Waals surface area contributed by atoms with Gasteiger partial charge in [-0.2, -0.15) is 0 Å². The third-order valence-electron chi connectivity index (χ3n) is 10.7. The lowest BCUT2D eigenvalue weighted by molar-refractivity contribution is -0.240. The van der Waals surface area contributed by atoms with Crippen LogP contribution in [-0.2, 0) is 9.59 Å². The Morgan fingerprint density at radius 3 is 1.14 bits per heavy atom. The van der Waals surface area contributed by atoms with Crippen molar-refractivity contribution in [2.75, 3.05) is 0 Å². The molecule has 8 aliphatic carbocycles. The minimum atomic E-state index is -1.04. The molecule has 0 saturated heterocycles. The van der Waals surface area contributed by atoms with Crippen LogP contribution in [-0.4, -0.2) is 22.2 Å². The van der Waals surface area contributed by atoms with Gasteiger partial charge in [0.25, 0.3) is 0 Å². The zero-order valence-corrected chi connectivity index (χ0v) is 16.9. The Morgan fingerprint density at radius 1 is 0.643 bits per heavy atom. The SMILES string of the molecule is O=C(O)CC(C(=O)O)(C12CC3CC(CC(C3)C1)C2)C12CC3CC(CC(C3)C1)C2. The molecule has 154 valence electrons. The lowest BCUT2D eigenvalue weighted by Gasteiger charge is -2.70. The van der Waals surface area contributed by atoms with Crippen molar-refractivity contribution in [1.82, 2.24) is 0 Å². The lowest BCUT2D eigenvalue weighted by atomic mass is 9.32. The number of carboxylic acid groups (broad SMARTS) is 2. The number of hydrogen-bond donors (Lipinski definition) is 2. The van der Waals surface area contributed by atoms with Gasteiger partial charge in [0.1, 0.15) is 0 Å². The van der Waals surface area contributed by atoms with Crippen molar-refractivity contribution in [3.63, 3.8) is 0 Å². The predicted octanol–water partition coefficient (Wildman–Crippen LogP) is 4.96. The highest BCUT2D eigenvalue weighted by Crippen LogP contribution is 2.76. The first-order chi connectivity index (χ1) is 13.3. The first-order valence-electron chi connectivity index (χ1n) is 11.8. The van der Waals surface area contributed by atoms with Crippen LogP contribution in [0.1, 0.15) is 83.5 Å². The van der Waals surface area contributed by atoms with Gasteiger partial charge in [-0.05, 0) is 123 Å². The van der Waals surface area contributed by atoms with Crippen molar-refractivity contribution in [2.24, 2.45) is 51.8 Å². The molecule has 4 nitrogen and oxygen atoms in total. The number of hydrogen-bond acceptors (Lipinski definition) is 2. The lowest BCUT2D eigenvalue weighted by Crippen LogP contribution is -2.67. The fraction of sp³-hybridized carbons (Fsp3) is 0.917. The Kier molecular flexibility index (Phi) is 3.52. The summed E-state index contributed by atoms with van der Waals surface area (Å²) >= 11 is 0. The number of carboxylic acids is 2. The molecule has 0 aromatic rings. The van der Waals surface area contributed by atoms with E-state index in [2.05, 4.69) is 0 Å². The second kappa shape index (κ2) is 5.55. The fourth-order valence-corrected chi connectivity index (χ4v) is 11.0. The molecule has 8 saturated carbocycles. The summed E-state index contributed by atoms with van der Waals surface area (Å²) in [4.78, 5) is 25.6. The second-order valence-corrected chi connectivity index (χ2v) is 12.2. The van der Waals surface area contributed by atoms with Gasteiger partial charge in [0.05, 0.1) is 11.8 Å². The first-order valence-corrected chi connectivity index (χ1v) is 11.8. The Bertz CT molecular complexity index is 608. The zero-order valence-electron chi connectivity index (χ0n) is 16.9. The Balaban J connectivity index is 1.53. The minimum Gasteiger partial charge on any atom is -0.481 e. The third kappa shape index (κ3) is 2.13. The molecule has 0 heterocycles. The monoisotopic (exact) mass is 386 g/mol. The summed E-state index contributed by atoms with van der Waals surface area (Å²) in [6.07, 6.45) is 13.4. The van der Waals surface area contributed by atoms with Gasteiger partial charge in [-0.25, -0.2) is 0 Å². The first kappa shape index (κ1) is 17.8. The Morgan fingerprint density at radius 2 is 0.929 bits per heavy atom. The van der Waals surface area contributed by atoms with Crippen LogP contribution in [0.15, 0.2) is 0 Å². The molecule has 8 rings (SSSR count). The van der Waals surface area contributed by atoms with Crippen LogP contribution in [0, 0.1) is 51.8 Å². The Hall–Kier alpha value is -1.06. The van der Waals surface area contributed by atoms with Gasteiger partial charge in [-0.15, -0.1) is 0 Å². The Labute approximate surface area is 167 Å². The standard InChI is InChI=1S/C24H34O4/c25-20(26)13-24(21(27)28,22-7-14-1-15(8-22)3-16(2-14)9-22)23-10-17-4-18(11-23)6-19(5-17)12-23/h14-19H,1-13H2,(H,25,26)(H,27,28). The van der Waals surface area contributed by atoms with E-state index in [0.29, 0.717) is 35.5 Å². The van der Waals surface area contributed by atoms with E-state index in [1.807, 2.05) is 0 Å². The molecule has 0 aliphatic heterocycles. The van der Waals surface area contributed by atoms with Crippen LogP contribution >= 0.6 is 0 Å². The van der Waals surface area contributed by atoms with E-state index in [9.17, 15) is 19.8 Å². The van der Waals surface area contributed by atoms with E-state index in [-0.39, 0.29) is 17.3 Å². The normalized spacial score (nSPS) is 52.6. The summed E-state index contributed by atoms with van der Waals surface area (Å²) < 4.78 is 0. The molecule has 28 heavy (non-hydrogen) atoms. The van der Waals surface area contributed by atoms with E-state index < -0.39 is 17.4 Å². The molecule has 0 radical (unpaired) electrons. The molecular weight excluding hydrogens is 352 g/mol. The van der Waals surface area contributed by atoms with E-state index in [0.717, 1.165) is 38.5 Å². The van der Waals surface area contributed by atoms with E-state index in [1.165, 1.54) is 38.5 Å². The number of aliphatic carboxylic acids is 2. The van der Waals surface area contributed by atoms with E-state index in [4.69, 9.17) is 0 Å².